The Kier molecular flexibility index (Phi) is 3.49. The van der Waals surface area contributed by atoms with E-state index in [1.165, 1.54) is 5.56 Å². The molecule has 76 valence electrons. The van der Waals surface area contributed by atoms with Gasteiger partial charge in [-0.15, -0.1) is 0 Å². The molecule has 1 atom stereocenters. The second-order valence-corrected chi connectivity index (χ2v) is 3.59. The fraction of sp³-hybridized carbons (Fsp3) is 0.545. The lowest BCUT2D eigenvalue weighted by Gasteiger charge is -2.09. The first kappa shape index (κ1) is 9.62. The van der Waals surface area contributed by atoms with Gasteiger partial charge in [-0.25, -0.2) is 0 Å². The molecule has 0 aromatic carbocycles. The maximum Gasteiger partial charge on any atom is 0.0711 e. The molecule has 1 saturated heterocycles. The first-order chi connectivity index (χ1) is 6.95. The van der Waals surface area contributed by atoms with E-state index in [4.69, 9.17) is 4.74 Å². The summed E-state index contributed by atoms with van der Waals surface area (Å²) in [6.07, 6.45) is 6.21. The molecule has 0 bridgehead atoms. The normalized spacial score (nSPS) is 21.3. The third-order valence-corrected chi connectivity index (χ3v) is 2.51. The van der Waals surface area contributed by atoms with Gasteiger partial charge in [0.15, 0.2) is 0 Å². The van der Waals surface area contributed by atoms with E-state index in [0.29, 0.717) is 6.10 Å². The van der Waals surface area contributed by atoms with Crippen LogP contribution in [0.3, 0.4) is 0 Å². The zero-order valence-corrected chi connectivity index (χ0v) is 8.28. The summed E-state index contributed by atoms with van der Waals surface area (Å²) < 4.78 is 5.72. The van der Waals surface area contributed by atoms with Gasteiger partial charge in [0.2, 0.25) is 0 Å². The molecule has 2 rings (SSSR count). The van der Waals surface area contributed by atoms with E-state index in [1.807, 2.05) is 24.5 Å². The molecule has 1 aromatic rings. The standard InChI is InChI=1S/C11H16N2O/c1-5-12-6-2-10(1)4-8-14-11-3-7-13-9-11/h1-2,5-6,11,13H,3-4,7-9H2. The van der Waals surface area contributed by atoms with Crippen LogP contribution in [0.25, 0.3) is 0 Å². The fourth-order valence-corrected chi connectivity index (χ4v) is 1.66. The van der Waals surface area contributed by atoms with E-state index in [1.54, 1.807) is 0 Å². The van der Waals surface area contributed by atoms with Crippen molar-refractivity contribution >= 4 is 0 Å². The van der Waals surface area contributed by atoms with Crippen LogP contribution in [0.2, 0.25) is 0 Å². The van der Waals surface area contributed by atoms with Gasteiger partial charge in [-0.1, -0.05) is 0 Å². The highest BCUT2D eigenvalue weighted by atomic mass is 16.5. The number of hydrogen-bond donors (Lipinski definition) is 1. The fourth-order valence-electron chi connectivity index (χ4n) is 1.66. The van der Waals surface area contributed by atoms with Crippen molar-refractivity contribution in [1.29, 1.82) is 0 Å². The largest absolute Gasteiger partial charge is 0.377 e. The minimum Gasteiger partial charge on any atom is -0.377 e. The van der Waals surface area contributed by atoms with Gasteiger partial charge in [-0.2, -0.15) is 0 Å². The zero-order valence-electron chi connectivity index (χ0n) is 8.28. The van der Waals surface area contributed by atoms with Crippen molar-refractivity contribution in [1.82, 2.24) is 10.3 Å². The molecule has 1 fully saturated rings. The smallest absolute Gasteiger partial charge is 0.0711 e. The predicted molar refractivity (Wildman–Crippen MR) is 55.2 cm³/mol. The average Bonchev–Trinajstić information content (AvgIpc) is 2.72. The molecule has 1 aliphatic heterocycles. The quantitative estimate of drug-likeness (QED) is 0.773. The van der Waals surface area contributed by atoms with E-state index in [9.17, 15) is 0 Å². The van der Waals surface area contributed by atoms with Crippen molar-refractivity contribution in [2.45, 2.75) is 18.9 Å². The maximum absolute atomic E-state index is 5.72. The highest BCUT2D eigenvalue weighted by Crippen LogP contribution is 2.04. The molecule has 1 aromatic heterocycles. The molecule has 1 aliphatic rings. The first-order valence-electron chi connectivity index (χ1n) is 5.16. The van der Waals surface area contributed by atoms with Crippen molar-refractivity contribution in [3.8, 4) is 0 Å². The summed E-state index contributed by atoms with van der Waals surface area (Å²) in [7, 11) is 0. The van der Waals surface area contributed by atoms with Crippen molar-refractivity contribution in [2.24, 2.45) is 0 Å². The van der Waals surface area contributed by atoms with Gasteiger partial charge in [-0.05, 0) is 37.1 Å². The van der Waals surface area contributed by atoms with Gasteiger partial charge in [0.1, 0.15) is 0 Å². The molecule has 1 unspecified atom stereocenters. The Labute approximate surface area is 84.5 Å². The Balaban J connectivity index is 1.67. The van der Waals surface area contributed by atoms with Gasteiger partial charge in [0.25, 0.3) is 0 Å². The highest BCUT2D eigenvalue weighted by molar-refractivity contribution is 5.09. The Morgan fingerprint density at radius 3 is 3.00 bits per heavy atom. The first-order valence-corrected chi connectivity index (χ1v) is 5.16. The lowest BCUT2D eigenvalue weighted by Crippen LogP contribution is -2.17. The van der Waals surface area contributed by atoms with Crippen LogP contribution in [0, 0.1) is 0 Å². The van der Waals surface area contributed by atoms with Crippen molar-refractivity contribution in [3.05, 3.63) is 30.1 Å². The third kappa shape index (κ3) is 2.79. The van der Waals surface area contributed by atoms with Crippen LogP contribution in [0.5, 0.6) is 0 Å². The maximum atomic E-state index is 5.72. The number of hydrogen-bond acceptors (Lipinski definition) is 3. The van der Waals surface area contributed by atoms with Crippen LogP contribution < -0.4 is 5.32 Å². The Morgan fingerprint density at radius 1 is 1.43 bits per heavy atom. The second kappa shape index (κ2) is 5.08. The van der Waals surface area contributed by atoms with Gasteiger partial charge in [0, 0.05) is 18.9 Å². The zero-order chi connectivity index (χ0) is 9.64. The van der Waals surface area contributed by atoms with Crippen LogP contribution >= 0.6 is 0 Å². The summed E-state index contributed by atoms with van der Waals surface area (Å²) in [6, 6.07) is 4.08. The van der Waals surface area contributed by atoms with Gasteiger partial charge >= 0.3 is 0 Å². The van der Waals surface area contributed by atoms with Crippen LogP contribution in [0.1, 0.15) is 12.0 Å². The number of ether oxygens (including phenoxy) is 1. The summed E-state index contributed by atoms with van der Waals surface area (Å²) in [4.78, 5) is 3.98. The molecule has 0 radical (unpaired) electrons. The third-order valence-electron chi connectivity index (χ3n) is 2.51. The Bertz CT molecular complexity index is 257. The van der Waals surface area contributed by atoms with Gasteiger partial charge in [-0.3, -0.25) is 4.98 Å². The molecule has 14 heavy (non-hydrogen) atoms. The summed E-state index contributed by atoms with van der Waals surface area (Å²) in [5.41, 5.74) is 1.30. The van der Waals surface area contributed by atoms with Crippen LogP contribution in [-0.2, 0) is 11.2 Å². The summed E-state index contributed by atoms with van der Waals surface area (Å²) in [5, 5.41) is 3.29. The van der Waals surface area contributed by atoms with E-state index < -0.39 is 0 Å². The van der Waals surface area contributed by atoms with Crippen molar-refractivity contribution in [3.63, 3.8) is 0 Å². The predicted octanol–water partition coefficient (Wildman–Crippen LogP) is 1.00. The highest BCUT2D eigenvalue weighted by Gasteiger charge is 2.13. The van der Waals surface area contributed by atoms with Crippen molar-refractivity contribution < 1.29 is 4.74 Å². The van der Waals surface area contributed by atoms with Crippen molar-refractivity contribution in [2.75, 3.05) is 19.7 Å². The van der Waals surface area contributed by atoms with Crippen LogP contribution in [0.4, 0.5) is 0 Å². The van der Waals surface area contributed by atoms with Crippen LogP contribution in [-0.4, -0.2) is 30.8 Å². The summed E-state index contributed by atoms with van der Waals surface area (Å²) >= 11 is 0. The molecule has 0 aliphatic carbocycles. The topological polar surface area (TPSA) is 34.1 Å². The molecule has 3 heteroatoms. The molecule has 0 amide bonds. The Morgan fingerprint density at radius 2 is 2.29 bits per heavy atom. The number of aromatic nitrogens is 1. The summed E-state index contributed by atoms with van der Waals surface area (Å²) in [5.74, 6) is 0. The molecule has 3 nitrogen and oxygen atoms in total. The SMILES string of the molecule is c1cc(CCOC2CCNC2)ccn1. The number of nitrogens with zero attached hydrogens (tertiary/aromatic N) is 1. The molecular formula is C11H16N2O. The van der Waals surface area contributed by atoms with Gasteiger partial charge in [0.05, 0.1) is 12.7 Å². The second-order valence-electron chi connectivity index (χ2n) is 3.59. The Hall–Kier alpha value is -0.930. The number of rotatable bonds is 4. The van der Waals surface area contributed by atoms with E-state index in [2.05, 4.69) is 10.3 Å². The minimum absolute atomic E-state index is 0.428. The molecular weight excluding hydrogens is 176 g/mol. The average molecular weight is 192 g/mol. The molecule has 0 spiro atoms. The molecule has 1 N–H and O–H groups in total. The van der Waals surface area contributed by atoms with Crippen LogP contribution in [0.15, 0.2) is 24.5 Å². The van der Waals surface area contributed by atoms with Gasteiger partial charge < -0.3 is 10.1 Å². The number of pyridine rings is 1. The lowest BCUT2D eigenvalue weighted by atomic mass is 10.2. The van der Waals surface area contributed by atoms with E-state index >= 15 is 0 Å². The van der Waals surface area contributed by atoms with E-state index in [-0.39, 0.29) is 0 Å². The summed E-state index contributed by atoms with van der Waals surface area (Å²) in [6.45, 7) is 2.92. The molecule has 0 saturated carbocycles. The monoisotopic (exact) mass is 192 g/mol. The number of nitrogens with one attached hydrogen (secondary N) is 1. The minimum atomic E-state index is 0.428. The molecule has 2 heterocycles. The van der Waals surface area contributed by atoms with E-state index in [0.717, 1.165) is 32.5 Å². The lowest BCUT2D eigenvalue weighted by molar-refractivity contribution is 0.0694.